The number of halogens is 9. The second-order valence-electron chi connectivity index (χ2n) is 12.7. The van der Waals surface area contributed by atoms with Gasteiger partial charge in [-0.2, -0.15) is 0 Å². The Morgan fingerprint density at radius 2 is 1.17 bits per heavy atom. The predicted octanol–water partition coefficient (Wildman–Crippen LogP) is 11.6. The molecule has 2 aromatic heterocycles. The molecule has 1 aliphatic carbocycles. The maximum Gasteiger partial charge on any atom is 0.573 e. The van der Waals surface area contributed by atoms with Crippen LogP contribution >= 0.6 is 34.8 Å². The number of alkyl halides is 9. The average Bonchev–Trinajstić information content (AvgIpc) is 3.84. The lowest BCUT2D eigenvalue weighted by Gasteiger charge is -2.27. The third-order valence-electron chi connectivity index (χ3n) is 8.88. The molecule has 2 aliphatic rings. The summed E-state index contributed by atoms with van der Waals surface area (Å²) in [6.07, 6.45) is -3.94. The molecule has 8 nitrogen and oxygen atoms in total. The van der Waals surface area contributed by atoms with E-state index in [-0.39, 0.29) is 28.4 Å². The average molecular weight is 811 g/mol. The van der Waals surface area contributed by atoms with Crippen molar-refractivity contribution < 1.29 is 40.6 Å². The molecule has 8 rings (SSSR count). The molecule has 282 valence electrons. The zero-order valence-corrected chi connectivity index (χ0v) is 30.1. The number of aromatic nitrogens is 4. The molecule has 0 saturated heterocycles. The van der Waals surface area contributed by atoms with Crippen LogP contribution in [0.5, 0.6) is 11.5 Å². The molecule has 54 heavy (non-hydrogen) atoms. The number of ether oxygens (including phenoxy) is 3. The van der Waals surface area contributed by atoms with Gasteiger partial charge in [0.15, 0.2) is 11.6 Å². The lowest BCUT2D eigenvalue weighted by molar-refractivity contribution is -0.275. The number of benzene rings is 4. The van der Waals surface area contributed by atoms with Gasteiger partial charge in [-0.1, -0.05) is 103 Å². The SMILES string of the molecule is FC(F)(F)Oc1ccccc1-c1ccc2nc(C(Cl)(Cl)Cl)[nH]c2c1.FC(F)(F)Oc1ccccc1-c1ccc2nc(C3=NC4(CCCCC4)CO3)[nH]c2c1. The highest BCUT2D eigenvalue weighted by molar-refractivity contribution is 6.66. The minimum absolute atomic E-state index is 0.125. The van der Waals surface area contributed by atoms with Gasteiger partial charge < -0.3 is 24.2 Å². The van der Waals surface area contributed by atoms with Crippen molar-refractivity contribution >= 4 is 62.8 Å². The molecule has 0 bridgehead atoms. The number of imidazole rings is 2. The van der Waals surface area contributed by atoms with Crippen molar-refractivity contribution in [1.29, 1.82) is 0 Å². The van der Waals surface area contributed by atoms with E-state index in [0.717, 1.165) is 25.7 Å². The molecule has 17 heteroatoms. The Labute approximate surface area is 318 Å². The van der Waals surface area contributed by atoms with Crippen LogP contribution in [-0.4, -0.2) is 50.7 Å². The Hall–Kier alpha value is -4.66. The van der Waals surface area contributed by atoms with Crippen LogP contribution in [0, 0.1) is 0 Å². The van der Waals surface area contributed by atoms with Crippen molar-refractivity contribution in [2.24, 2.45) is 4.99 Å². The summed E-state index contributed by atoms with van der Waals surface area (Å²) in [6, 6.07) is 22.0. The van der Waals surface area contributed by atoms with Crippen LogP contribution in [0.2, 0.25) is 0 Å². The monoisotopic (exact) mass is 809 g/mol. The van der Waals surface area contributed by atoms with Crippen molar-refractivity contribution in [1.82, 2.24) is 19.9 Å². The van der Waals surface area contributed by atoms with Crippen LogP contribution in [0.25, 0.3) is 44.3 Å². The first-order valence-corrected chi connectivity index (χ1v) is 17.7. The maximum absolute atomic E-state index is 12.8. The second-order valence-corrected chi connectivity index (χ2v) is 15.0. The highest BCUT2D eigenvalue weighted by Gasteiger charge is 2.39. The smallest absolute Gasteiger partial charge is 0.473 e. The largest absolute Gasteiger partial charge is 0.573 e. The molecule has 4 aromatic carbocycles. The molecule has 0 radical (unpaired) electrons. The van der Waals surface area contributed by atoms with E-state index >= 15 is 0 Å². The van der Waals surface area contributed by atoms with Gasteiger partial charge in [0.1, 0.15) is 18.1 Å². The van der Waals surface area contributed by atoms with Crippen LogP contribution in [0.1, 0.15) is 43.8 Å². The fourth-order valence-electron chi connectivity index (χ4n) is 6.50. The first-order valence-electron chi connectivity index (χ1n) is 16.5. The van der Waals surface area contributed by atoms with Gasteiger partial charge in [0.25, 0.3) is 5.90 Å². The molecule has 6 aromatic rings. The van der Waals surface area contributed by atoms with E-state index in [4.69, 9.17) is 44.5 Å². The van der Waals surface area contributed by atoms with Crippen molar-refractivity contribution in [3.05, 3.63) is 96.6 Å². The van der Waals surface area contributed by atoms with E-state index in [0.29, 0.717) is 57.1 Å². The summed E-state index contributed by atoms with van der Waals surface area (Å²) in [7, 11) is 0. The number of nitrogens with zero attached hydrogens (tertiary/aromatic N) is 3. The molecular weight excluding hydrogens is 783 g/mol. The van der Waals surface area contributed by atoms with Gasteiger partial charge in [-0.3, -0.25) is 0 Å². The van der Waals surface area contributed by atoms with Crippen molar-refractivity contribution in [3.63, 3.8) is 0 Å². The zero-order chi connectivity index (χ0) is 38.3. The standard InChI is InChI=1S/C22H20F3N3O2.C15H8Cl3F3N2O/c23-22(24,25)30-18-7-3-2-6-15(18)14-8-9-16-17(12-14)27-19(26-16)20-28-21(13-29-20)10-4-1-5-11-21;16-14(17,18)13-22-10-6-5-8(7-11(10)23-13)9-3-1-2-4-12(9)24-15(19,20)21/h2-3,6-9,12H,1,4-5,10-11,13H2,(H,26,27);1-7H,(H,22,23). The molecular formula is C37H28Cl3F6N5O3. The summed E-state index contributed by atoms with van der Waals surface area (Å²) in [6.45, 7) is 0.576. The first kappa shape index (κ1) is 37.6. The molecule has 2 N–H and O–H groups in total. The van der Waals surface area contributed by atoms with Crippen LogP contribution in [0.15, 0.2) is 89.9 Å². The van der Waals surface area contributed by atoms with Crippen molar-refractivity contribution in [2.45, 2.75) is 54.2 Å². The number of aromatic amines is 2. The third-order valence-corrected chi connectivity index (χ3v) is 9.42. The number of rotatable bonds is 5. The molecule has 3 heterocycles. The minimum Gasteiger partial charge on any atom is -0.473 e. The normalized spacial score (nSPS) is 15.8. The Morgan fingerprint density at radius 1 is 0.648 bits per heavy atom. The van der Waals surface area contributed by atoms with Gasteiger partial charge in [-0.15, -0.1) is 26.3 Å². The third kappa shape index (κ3) is 8.66. The lowest BCUT2D eigenvalue weighted by atomic mass is 9.83. The van der Waals surface area contributed by atoms with Gasteiger partial charge in [-0.25, -0.2) is 15.0 Å². The lowest BCUT2D eigenvalue weighted by Crippen LogP contribution is -2.30. The first-order chi connectivity index (χ1) is 25.5. The van der Waals surface area contributed by atoms with E-state index < -0.39 is 16.5 Å². The van der Waals surface area contributed by atoms with E-state index in [9.17, 15) is 26.3 Å². The molecule has 0 atom stereocenters. The number of hydrogen-bond donors (Lipinski definition) is 2. The van der Waals surface area contributed by atoms with Gasteiger partial charge in [0.05, 0.1) is 27.6 Å². The van der Waals surface area contributed by atoms with Crippen LogP contribution < -0.4 is 9.47 Å². The fourth-order valence-corrected chi connectivity index (χ4v) is 6.77. The molecule has 1 saturated carbocycles. The van der Waals surface area contributed by atoms with Gasteiger partial charge in [0.2, 0.25) is 3.79 Å². The van der Waals surface area contributed by atoms with Gasteiger partial charge in [-0.05, 0) is 60.4 Å². The van der Waals surface area contributed by atoms with E-state index in [1.54, 1.807) is 54.6 Å². The Kier molecular flexibility index (Phi) is 10.1. The topological polar surface area (TPSA) is 97.4 Å². The summed E-state index contributed by atoms with van der Waals surface area (Å²) >= 11 is 17.3. The molecule has 1 aliphatic heterocycles. The van der Waals surface area contributed by atoms with Gasteiger partial charge >= 0.3 is 12.7 Å². The maximum atomic E-state index is 12.8. The molecule has 1 fully saturated rings. The number of H-pyrrole nitrogens is 2. The van der Waals surface area contributed by atoms with Crippen LogP contribution in [-0.2, 0) is 8.53 Å². The zero-order valence-electron chi connectivity index (χ0n) is 27.8. The highest BCUT2D eigenvalue weighted by Crippen LogP contribution is 2.40. The van der Waals surface area contributed by atoms with Crippen molar-refractivity contribution in [2.75, 3.05) is 6.61 Å². The summed E-state index contributed by atoms with van der Waals surface area (Å²) in [5.74, 6) is 0.636. The number of aliphatic imine (C=N–C) groups is 1. The van der Waals surface area contributed by atoms with E-state index in [1.807, 2.05) is 0 Å². The summed E-state index contributed by atoms with van der Waals surface area (Å²) < 4.78 is 88.3. The summed E-state index contributed by atoms with van der Waals surface area (Å²) in [5, 5.41) is 0. The molecule has 1 spiro atoms. The predicted molar refractivity (Wildman–Crippen MR) is 194 cm³/mol. The fraction of sp³-hybridized carbons (Fsp3) is 0.270. The number of nitrogens with one attached hydrogen (secondary N) is 2. The second kappa shape index (κ2) is 14.5. The Bertz CT molecular complexity index is 2330. The molecule has 0 amide bonds. The number of fused-ring (bicyclic) bond motifs is 2. The summed E-state index contributed by atoms with van der Waals surface area (Å²) in [5.41, 5.74) is 4.03. The number of hydrogen-bond acceptors (Lipinski definition) is 6. The Morgan fingerprint density at radius 3 is 1.70 bits per heavy atom. The van der Waals surface area contributed by atoms with Crippen molar-refractivity contribution in [3.8, 4) is 33.8 Å². The quantitative estimate of drug-likeness (QED) is 0.133. The minimum atomic E-state index is -4.78. The highest BCUT2D eigenvalue weighted by atomic mass is 35.6. The van der Waals surface area contributed by atoms with E-state index in [1.165, 1.54) is 36.8 Å². The molecule has 0 unspecified atom stereocenters. The van der Waals surface area contributed by atoms with E-state index in [2.05, 4.69) is 29.4 Å². The summed E-state index contributed by atoms with van der Waals surface area (Å²) in [4.78, 5) is 19.6. The van der Waals surface area contributed by atoms with Crippen LogP contribution in [0.4, 0.5) is 26.3 Å². The van der Waals surface area contributed by atoms with Crippen LogP contribution in [0.3, 0.4) is 0 Å². The Balaban J connectivity index is 0.000000171. The van der Waals surface area contributed by atoms with Gasteiger partial charge in [0, 0.05) is 11.1 Å². The number of para-hydroxylation sites is 2.